The molecule has 0 aromatic carbocycles. The molecule has 0 aromatic rings. The Kier molecular flexibility index (Phi) is 4.81. The molecule has 15 heavy (non-hydrogen) atoms. The molecule has 79 valence electrons. The van der Waals surface area contributed by atoms with Gasteiger partial charge in [0.1, 0.15) is 0 Å². The maximum absolute atomic E-state index is 5.93. The van der Waals surface area contributed by atoms with Crippen molar-refractivity contribution in [2.45, 2.75) is 27.2 Å². The van der Waals surface area contributed by atoms with E-state index in [0.717, 1.165) is 11.9 Å². The first-order valence-corrected chi connectivity index (χ1v) is 5.77. The molecule has 3 atom stereocenters. The first kappa shape index (κ1) is 12.2. The Bertz CT molecular complexity index is 296. The van der Waals surface area contributed by atoms with Gasteiger partial charge in [-0.3, -0.25) is 0 Å². The molecule has 0 heterocycles. The van der Waals surface area contributed by atoms with Crippen LogP contribution in [0.25, 0.3) is 0 Å². The molecule has 1 aliphatic rings. The van der Waals surface area contributed by atoms with Crippen LogP contribution >= 0.6 is 0 Å². The Morgan fingerprint density at radius 1 is 1.40 bits per heavy atom. The molecule has 1 rings (SSSR count). The van der Waals surface area contributed by atoms with E-state index < -0.39 is 0 Å². The van der Waals surface area contributed by atoms with Gasteiger partial charge in [0.15, 0.2) is 0 Å². The Balaban J connectivity index is 2.74. The Morgan fingerprint density at radius 3 is 2.67 bits per heavy atom. The van der Waals surface area contributed by atoms with Gasteiger partial charge in [0, 0.05) is 0 Å². The van der Waals surface area contributed by atoms with Crippen LogP contribution in [0.2, 0.25) is 0 Å². The quantitative estimate of drug-likeness (QED) is 0.481. The number of hydrogen-bond acceptors (Lipinski definition) is 0. The SMILES string of the molecule is [B]=C(C)C1C=CC=CC1C(C)/C=C\CC. The zero-order chi connectivity index (χ0) is 11.3. The summed E-state index contributed by atoms with van der Waals surface area (Å²) in [6.07, 6.45) is 14.3. The fourth-order valence-corrected chi connectivity index (χ4v) is 2.06. The number of rotatable bonds is 4. The van der Waals surface area contributed by atoms with Crippen LogP contribution < -0.4 is 0 Å². The maximum atomic E-state index is 5.93. The predicted molar refractivity (Wildman–Crippen MR) is 70.3 cm³/mol. The van der Waals surface area contributed by atoms with E-state index in [-0.39, 0.29) is 0 Å². The number of hydrogen-bond donors (Lipinski definition) is 0. The summed E-state index contributed by atoms with van der Waals surface area (Å²) in [4.78, 5) is 0. The third kappa shape index (κ3) is 3.33. The van der Waals surface area contributed by atoms with Crippen molar-refractivity contribution in [1.29, 1.82) is 0 Å². The van der Waals surface area contributed by atoms with Crippen molar-refractivity contribution in [2.75, 3.05) is 0 Å². The topological polar surface area (TPSA) is 0 Å². The van der Waals surface area contributed by atoms with Gasteiger partial charge in [-0.1, -0.05) is 0 Å². The molecule has 0 nitrogen and oxygen atoms in total. The average Bonchev–Trinajstić information content (AvgIpc) is 2.25. The molecule has 0 N–H and O–H groups in total. The minimum absolute atomic E-state index is 0.395. The molecule has 3 unspecified atom stereocenters. The van der Waals surface area contributed by atoms with Crippen LogP contribution in [0.4, 0.5) is 0 Å². The van der Waals surface area contributed by atoms with E-state index in [1.165, 1.54) is 0 Å². The van der Waals surface area contributed by atoms with Crippen LogP contribution in [0.5, 0.6) is 0 Å². The van der Waals surface area contributed by atoms with Gasteiger partial charge in [-0.2, -0.15) is 0 Å². The van der Waals surface area contributed by atoms with Crippen LogP contribution in [-0.4, -0.2) is 13.0 Å². The Morgan fingerprint density at radius 2 is 2.07 bits per heavy atom. The van der Waals surface area contributed by atoms with E-state index in [4.69, 9.17) is 7.49 Å². The molecule has 1 aliphatic carbocycles. The van der Waals surface area contributed by atoms with Crippen LogP contribution in [0.1, 0.15) is 27.2 Å². The van der Waals surface area contributed by atoms with Crippen molar-refractivity contribution in [3.8, 4) is 0 Å². The van der Waals surface area contributed by atoms with Gasteiger partial charge in [0.25, 0.3) is 0 Å². The van der Waals surface area contributed by atoms with E-state index >= 15 is 0 Å². The summed E-state index contributed by atoms with van der Waals surface area (Å²) in [6, 6.07) is 0. The standard InChI is InChI=1S/C14H20B/c1-4-5-8-11(2)13-9-6-7-10-14(13)12(3)15/h5-11,13-14H,4H2,1-3H3/b8-5-. The van der Waals surface area contributed by atoms with Gasteiger partial charge in [-0.15, -0.1) is 0 Å². The predicted octanol–water partition coefficient (Wildman–Crippen LogP) is 3.31. The third-order valence-corrected chi connectivity index (χ3v) is 2.99. The van der Waals surface area contributed by atoms with Crippen molar-refractivity contribution >= 4 is 13.0 Å². The van der Waals surface area contributed by atoms with E-state index in [1.54, 1.807) is 0 Å². The van der Waals surface area contributed by atoms with E-state index in [0.29, 0.717) is 17.8 Å². The molecule has 0 saturated carbocycles. The van der Waals surface area contributed by atoms with Crippen molar-refractivity contribution in [3.05, 3.63) is 36.5 Å². The van der Waals surface area contributed by atoms with Gasteiger partial charge >= 0.3 is 94.4 Å². The third-order valence-electron chi connectivity index (χ3n) is 2.99. The van der Waals surface area contributed by atoms with Gasteiger partial charge < -0.3 is 0 Å². The molecule has 0 fully saturated rings. The summed E-state index contributed by atoms with van der Waals surface area (Å²) in [5.74, 6) is 1.46. The second-order valence-corrected chi connectivity index (χ2v) is 4.31. The summed E-state index contributed by atoms with van der Waals surface area (Å²) in [5.41, 5.74) is 1.01. The van der Waals surface area contributed by atoms with Gasteiger partial charge in [-0.05, 0) is 0 Å². The summed E-state index contributed by atoms with van der Waals surface area (Å²) in [7, 11) is 5.93. The van der Waals surface area contributed by atoms with Gasteiger partial charge in [0.2, 0.25) is 0 Å². The van der Waals surface area contributed by atoms with Gasteiger partial charge in [-0.25, -0.2) is 0 Å². The van der Waals surface area contributed by atoms with Crippen LogP contribution in [0.3, 0.4) is 0 Å². The Hall–Kier alpha value is -0.845. The summed E-state index contributed by atoms with van der Waals surface area (Å²) < 4.78 is 0. The fourth-order valence-electron chi connectivity index (χ4n) is 2.06. The van der Waals surface area contributed by atoms with Gasteiger partial charge in [0.05, 0.1) is 0 Å². The van der Waals surface area contributed by atoms with Crippen LogP contribution in [0, 0.1) is 17.8 Å². The second kappa shape index (κ2) is 5.90. The summed E-state index contributed by atoms with van der Waals surface area (Å²) in [6.45, 7) is 6.44. The molecular weight excluding hydrogens is 179 g/mol. The normalized spacial score (nSPS) is 27.1. The number of allylic oxidation sites excluding steroid dienone is 6. The zero-order valence-electron chi connectivity index (χ0n) is 9.98. The average molecular weight is 199 g/mol. The molecular formula is C14H20B. The molecule has 0 saturated heterocycles. The van der Waals surface area contributed by atoms with Crippen LogP contribution in [0.15, 0.2) is 36.5 Å². The fraction of sp³-hybridized carbons (Fsp3) is 0.500. The second-order valence-electron chi connectivity index (χ2n) is 4.31. The molecule has 0 aromatic heterocycles. The van der Waals surface area contributed by atoms with Crippen molar-refractivity contribution in [3.63, 3.8) is 0 Å². The van der Waals surface area contributed by atoms with E-state index in [2.05, 4.69) is 50.3 Å². The van der Waals surface area contributed by atoms with Crippen molar-refractivity contribution < 1.29 is 0 Å². The zero-order valence-corrected chi connectivity index (χ0v) is 9.98. The first-order chi connectivity index (χ1) is 7.16. The monoisotopic (exact) mass is 199 g/mol. The first-order valence-electron chi connectivity index (χ1n) is 5.77. The molecule has 1 radical (unpaired) electrons. The van der Waals surface area contributed by atoms with Crippen molar-refractivity contribution in [1.82, 2.24) is 0 Å². The summed E-state index contributed by atoms with van der Waals surface area (Å²) in [5, 5.41) is 0. The van der Waals surface area contributed by atoms with Crippen molar-refractivity contribution in [2.24, 2.45) is 17.8 Å². The molecule has 0 amide bonds. The minimum atomic E-state index is 0.395. The molecule has 1 heteroatoms. The van der Waals surface area contributed by atoms with Crippen LogP contribution in [-0.2, 0) is 0 Å². The summed E-state index contributed by atoms with van der Waals surface area (Å²) >= 11 is 0. The Labute approximate surface area is 94.8 Å². The van der Waals surface area contributed by atoms with E-state index in [1.807, 2.05) is 6.92 Å². The molecule has 0 aliphatic heterocycles. The molecule has 0 spiro atoms. The molecule has 0 bridgehead atoms. The van der Waals surface area contributed by atoms with E-state index in [9.17, 15) is 0 Å².